The van der Waals surface area contributed by atoms with Crippen LogP contribution in [0.5, 0.6) is 0 Å². The zero-order valence-electron chi connectivity index (χ0n) is 9.59. The van der Waals surface area contributed by atoms with Gasteiger partial charge in [-0.25, -0.2) is 0 Å². The van der Waals surface area contributed by atoms with Crippen LogP contribution in [0.25, 0.3) is 10.4 Å². The van der Waals surface area contributed by atoms with Crippen molar-refractivity contribution >= 4 is 17.3 Å². The summed E-state index contributed by atoms with van der Waals surface area (Å²) in [5, 5.41) is 3.37. The van der Waals surface area contributed by atoms with Crippen LogP contribution in [0.1, 0.15) is 38.5 Å². The molecule has 0 unspecified atom stereocenters. The molecule has 0 heterocycles. The van der Waals surface area contributed by atoms with E-state index in [2.05, 4.69) is 10.0 Å². The van der Waals surface area contributed by atoms with Crippen molar-refractivity contribution in [1.82, 2.24) is 0 Å². The molecule has 0 radical (unpaired) electrons. The molecule has 0 aromatic rings. The molecule has 1 aliphatic rings. The van der Waals surface area contributed by atoms with Crippen LogP contribution in [0.15, 0.2) is 5.11 Å². The summed E-state index contributed by atoms with van der Waals surface area (Å²) in [7, 11) is 0. The van der Waals surface area contributed by atoms with Crippen LogP contribution in [-0.2, 0) is 14.4 Å². The highest BCUT2D eigenvalue weighted by Crippen LogP contribution is 2.21. The van der Waals surface area contributed by atoms with Crippen LogP contribution in [0.2, 0.25) is 0 Å². The number of nitrogens with zero attached hydrogens (tertiary/aromatic N) is 3. The highest BCUT2D eigenvalue weighted by molar-refractivity contribution is 6.05. The van der Waals surface area contributed by atoms with Gasteiger partial charge in [0.15, 0.2) is 0 Å². The Bertz CT molecular complexity index is 356. The Hall–Kier alpha value is -1.68. The number of carbonyl (C=O) groups excluding carboxylic acids is 3. The lowest BCUT2D eigenvalue weighted by atomic mass is 9.83. The Labute approximate surface area is 99.0 Å². The standard InChI is InChI=1S/C11H15N3O3/c12-14-13-4-2-1-3-11(17)8-5-9(15)7-10(16)6-8/h8H,1-7H2. The van der Waals surface area contributed by atoms with Gasteiger partial charge in [0.25, 0.3) is 0 Å². The maximum Gasteiger partial charge on any atom is 0.140 e. The molecule has 1 fully saturated rings. The van der Waals surface area contributed by atoms with Crippen LogP contribution in [0, 0.1) is 5.92 Å². The van der Waals surface area contributed by atoms with Crippen molar-refractivity contribution in [3.63, 3.8) is 0 Å². The first kappa shape index (κ1) is 13.4. The second-order valence-electron chi connectivity index (χ2n) is 4.24. The minimum atomic E-state index is -0.414. The molecule has 0 aliphatic heterocycles. The number of azide groups is 1. The van der Waals surface area contributed by atoms with Gasteiger partial charge in [-0.1, -0.05) is 5.11 Å². The summed E-state index contributed by atoms with van der Waals surface area (Å²) in [6.45, 7) is 0.381. The SMILES string of the molecule is [N-]=[N+]=NCCCCC(=O)C1CC(=O)CC(=O)C1. The van der Waals surface area contributed by atoms with Crippen molar-refractivity contribution in [2.24, 2.45) is 11.0 Å². The molecule has 0 spiro atoms. The van der Waals surface area contributed by atoms with Crippen LogP contribution in [0.4, 0.5) is 0 Å². The summed E-state index contributed by atoms with van der Waals surface area (Å²) in [5.41, 5.74) is 8.05. The van der Waals surface area contributed by atoms with Gasteiger partial charge in [-0.2, -0.15) is 0 Å². The maximum absolute atomic E-state index is 11.7. The molecule has 0 bridgehead atoms. The first-order chi connectivity index (χ1) is 8.13. The van der Waals surface area contributed by atoms with Gasteiger partial charge in [-0.15, -0.1) is 0 Å². The molecular weight excluding hydrogens is 222 g/mol. The van der Waals surface area contributed by atoms with E-state index >= 15 is 0 Å². The summed E-state index contributed by atoms with van der Waals surface area (Å²) in [6, 6.07) is 0. The van der Waals surface area contributed by atoms with Crippen molar-refractivity contribution in [2.75, 3.05) is 6.54 Å². The van der Waals surface area contributed by atoms with Crippen LogP contribution in [-0.4, -0.2) is 23.9 Å². The third kappa shape index (κ3) is 4.78. The van der Waals surface area contributed by atoms with E-state index in [0.29, 0.717) is 25.8 Å². The predicted molar refractivity (Wildman–Crippen MR) is 60.2 cm³/mol. The van der Waals surface area contributed by atoms with Crippen molar-refractivity contribution in [1.29, 1.82) is 0 Å². The Balaban J connectivity index is 2.29. The summed E-state index contributed by atoms with van der Waals surface area (Å²) >= 11 is 0. The van der Waals surface area contributed by atoms with Crippen molar-refractivity contribution in [3.8, 4) is 0 Å². The smallest absolute Gasteiger partial charge is 0.140 e. The fraction of sp³-hybridized carbons (Fsp3) is 0.727. The molecule has 0 amide bonds. The lowest BCUT2D eigenvalue weighted by Gasteiger charge is -2.18. The number of hydrogen-bond donors (Lipinski definition) is 0. The van der Waals surface area contributed by atoms with E-state index < -0.39 is 5.92 Å². The summed E-state index contributed by atoms with van der Waals surface area (Å²) in [6.07, 6.45) is 2.05. The Morgan fingerprint density at radius 2 is 1.94 bits per heavy atom. The minimum Gasteiger partial charge on any atom is -0.299 e. The molecule has 6 nitrogen and oxygen atoms in total. The van der Waals surface area contributed by atoms with E-state index in [1.807, 2.05) is 0 Å². The highest BCUT2D eigenvalue weighted by Gasteiger charge is 2.29. The lowest BCUT2D eigenvalue weighted by molar-refractivity contribution is -0.137. The molecule has 17 heavy (non-hydrogen) atoms. The molecule has 0 aromatic heterocycles. The molecule has 6 heteroatoms. The van der Waals surface area contributed by atoms with Gasteiger partial charge < -0.3 is 0 Å². The number of rotatable bonds is 6. The number of Topliss-reactive ketones (excluding diaryl/α,β-unsaturated/α-hetero) is 3. The Morgan fingerprint density at radius 1 is 1.29 bits per heavy atom. The fourth-order valence-corrected chi connectivity index (χ4v) is 1.94. The van der Waals surface area contributed by atoms with Crippen molar-refractivity contribution in [3.05, 3.63) is 10.4 Å². The van der Waals surface area contributed by atoms with Gasteiger partial charge >= 0.3 is 0 Å². The monoisotopic (exact) mass is 237 g/mol. The van der Waals surface area contributed by atoms with E-state index in [1.165, 1.54) is 0 Å². The molecule has 1 rings (SSSR count). The summed E-state index contributed by atoms with van der Waals surface area (Å²) < 4.78 is 0. The molecule has 1 aliphatic carbocycles. The fourth-order valence-electron chi connectivity index (χ4n) is 1.94. The van der Waals surface area contributed by atoms with E-state index in [1.54, 1.807) is 0 Å². The third-order valence-electron chi connectivity index (χ3n) is 2.79. The molecule has 0 atom stereocenters. The minimum absolute atomic E-state index is 0.0132. The van der Waals surface area contributed by atoms with Gasteiger partial charge in [0, 0.05) is 36.6 Å². The van der Waals surface area contributed by atoms with E-state index in [9.17, 15) is 14.4 Å². The molecule has 92 valence electrons. The van der Waals surface area contributed by atoms with Crippen LogP contribution in [0.3, 0.4) is 0 Å². The number of unbranched alkanes of at least 4 members (excludes halogenated alkanes) is 1. The number of carbonyl (C=O) groups is 3. The number of hydrogen-bond acceptors (Lipinski definition) is 4. The third-order valence-corrected chi connectivity index (χ3v) is 2.79. The molecule has 0 saturated heterocycles. The van der Waals surface area contributed by atoms with Crippen LogP contribution < -0.4 is 0 Å². The average molecular weight is 237 g/mol. The predicted octanol–water partition coefficient (Wildman–Crippen LogP) is 1.97. The first-order valence-electron chi connectivity index (χ1n) is 5.70. The topological polar surface area (TPSA) is 100.0 Å². The molecule has 1 saturated carbocycles. The Morgan fingerprint density at radius 3 is 2.53 bits per heavy atom. The first-order valence-corrected chi connectivity index (χ1v) is 5.70. The maximum atomic E-state index is 11.7. The summed E-state index contributed by atoms with van der Waals surface area (Å²) in [4.78, 5) is 36.7. The van der Waals surface area contributed by atoms with Crippen molar-refractivity contribution in [2.45, 2.75) is 38.5 Å². The van der Waals surface area contributed by atoms with Gasteiger partial charge in [-0.05, 0) is 18.4 Å². The lowest BCUT2D eigenvalue weighted by Crippen LogP contribution is -2.28. The van der Waals surface area contributed by atoms with E-state index in [4.69, 9.17) is 5.53 Å². The largest absolute Gasteiger partial charge is 0.299 e. The zero-order valence-corrected chi connectivity index (χ0v) is 9.59. The van der Waals surface area contributed by atoms with Gasteiger partial charge in [-0.3, -0.25) is 14.4 Å². The highest BCUT2D eigenvalue weighted by atomic mass is 16.2. The molecule has 0 N–H and O–H groups in total. The van der Waals surface area contributed by atoms with E-state index in [0.717, 1.165) is 0 Å². The van der Waals surface area contributed by atoms with Crippen molar-refractivity contribution < 1.29 is 14.4 Å². The zero-order chi connectivity index (χ0) is 12.7. The van der Waals surface area contributed by atoms with Gasteiger partial charge in [0.05, 0.1) is 6.42 Å². The number of ketones is 3. The normalized spacial score (nSPS) is 16.7. The van der Waals surface area contributed by atoms with Gasteiger partial charge in [0.2, 0.25) is 0 Å². The quantitative estimate of drug-likeness (QED) is 0.232. The molecule has 0 aromatic carbocycles. The van der Waals surface area contributed by atoms with Gasteiger partial charge in [0.1, 0.15) is 17.3 Å². The summed E-state index contributed by atoms with van der Waals surface area (Å²) in [5.74, 6) is -0.696. The second kappa shape index (κ2) is 6.81. The van der Waals surface area contributed by atoms with Crippen LogP contribution >= 0.6 is 0 Å². The Kier molecular flexibility index (Phi) is 5.36. The van der Waals surface area contributed by atoms with E-state index in [-0.39, 0.29) is 36.6 Å². The second-order valence-corrected chi connectivity index (χ2v) is 4.24. The average Bonchev–Trinajstić information content (AvgIpc) is 2.27. The molecular formula is C11H15N3O3.